The molecule has 0 spiro atoms. The van der Waals surface area contributed by atoms with Gasteiger partial charge in [0.2, 0.25) is 0 Å². The van der Waals surface area contributed by atoms with Gasteiger partial charge in [-0.15, -0.1) is 0 Å². The third-order valence-corrected chi connectivity index (χ3v) is 5.83. The summed E-state index contributed by atoms with van der Waals surface area (Å²) >= 11 is 0. The summed E-state index contributed by atoms with van der Waals surface area (Å²) in [7, 11) is 3.66. The lowest BCUT2D eigenvalue weighted by Gasteiger charge is -2.34. The van der Waals surface area contributed by atoms with Crippen LogP contribution in [0.3, 0.4) is 0 Å². The number of likely N-dealkylation sites (N-methyl/N-ethyl adjacent to an activating group) is 1. The summed E-state index contributed by atoms with van der Waals surface area (Å²) in [6.45, 7) is 5.56. The Morgan fingerprint density at radius 3 is 2.25 bits per heavy atom. The van der Waals surface area contributed by atoms with Gasteiger partial charge in [0.15, 0.2) is 0 Å². The SMILES string of the molecule is CCCOc1ccccc1N1C(=O)C(c2ccc(OC)cc2)=C(N2CCN(C)CC2)C1=O. The monoisotopic (exact) mass is 435 g/mol. The van der Waals surface area contributed by atoms with Crippen molar-refractivity contribution < 1.29 is 19.1 Å². The lowest BCUT2D eigenvalue weighted by molar-refractivity contribution is -0.120. The molecule has 0 bridgehead atoms. The first-order chi connectivity index (χ1) is 15.5. The van der Waals surface area contributed by atoms with Crippen molar-refractivity contribution in [1.29, 1.82) is 0 Å². The molecule has 2 amide bonds. The van der Waals surface area contributed by atoms with E-state index in [2.05, 4.69) is 11.9 Å². The number of benzene rings is 2. The fraction of sp³-hybridized carbons (Fsp3) is 0.360. The van der Waals surface area contributed by atoms with E-state index in [4.69, 9.17) is 9.47 Å². The first-order valence-corrected chi connectivity index (χ1v) is 11.0. The molecule has 1 saturated heterocycles. The van der Waals surface area contributed by atoms with Crippen LogP contribution in [0.1, 0.15) is 18.9 Å². The maximum absolute atomic E-state index is 13.7. The summed E-state index contributed by atoms with van der Waals surface area (Å²) in [6, 6.07) is 14.5. The highest BCUT2D eigenvalue weighted by Crippen LogP contribution is 2.39. The van der Waals surface area contributed by atoms with Crippen LogP contribution in [0.15, 0.2) is 54.2 Å². The first kappa shape index (κ1) is 21.9. The molecule has 2 aliphatic heterocycles. The highest BCUT2D eigenvalue weighted by molar-refractivity contribution is 6.45. The van der Waals surface area contributed by atoms with E-state index in [0.717, 1.165) is 19.5 Å². The Hall–Kier alpha value is -3.32. The maximum atomic E-state index is 13.7. The summed E-state index contributed by atoms with van der Waals surface area (Å²) in [5, 5.41) is 0. The number of imide groups is 1. The Morgan fingerprint density at radius 2 is 1.59 bits per heavy atom. The largest absolute Gasteiger partial charge is 0.497 e. The van der Waals surface area contributed by atoms with Gasteiger partial charge in [-0.2, -0.15) is 0 Å². The van der Waals surface area contributed by atoms with Gasteiger partial charge in [0.1, 0.15) is 17.2 Å². The van der Waals surface area contributed by atoms with Gasteiger partial charge in [-0.3, -0.25) is 9.59 Å². The molecule has 32 heavy (non-hydrogen) atoms. The predicted octanol–water partition coefficient (Wildman–Crippen LogP) is 3.02. The van der Waals surface area contributed by atoms with Crippen molar-refractivity contribution in [3.63, 3.8) is 0 Å². The number of nitrogens with zero attached hydrogens (tertiary/aromatic N) is 3. The standard InChI is InChI=1S/C25H29N3O4/c1-4-17-32-21-8-6-5-7-20(21)28-24(29)22(18-9-11-19(31-3)12-10-18)23(25(28)30)27-15-13-26(2)14-16-27/h5-12H,4,13-17H2,1-3H3. The lowest BCUT2D eigenvalue weighted by Crippen LogP contribution is -2.46. The summed E-state index contributed by atoms with van der Waals surface area (Å²) in [5.74, 6) is 0.590. The molecule has 7 heteroatoms. The van der Waals surface area contributed by atoms with Crippen LogP contribution < -0.4 is 14.4 Å². The normalized spacial score (nSPS) is 17.3. The van der Waals surface area contributed by atoms with Crippen LogP contribution in [0, 0.1) is 0 Å². The quantitative estimate of drug-likeness (QED) is 0.623. The number of carbonyl (C=O) groups excluding carboxylic acids is 2. The smallest absolute Gasteiger partial charge is 0.282 e. The molecule has 0 aromatic heterocycles. The topological polar surface area (TPSA) is 62.3 Å². The zero-order valence-corrected chi connectivity index (χ0v) is 18.8. The molecule has 0 saturated carbocycles. The number of piperazine rings is 1. The minimum atomic E-state index is -0.332. The van der Waals surface area contributed by atoms with Crippen molar-refractivity contribution in [1.82, 2.24) is 9.80 Å². The van der Waals surface area contributed by atoms with E-state index < -0.39 is 0 Å². The van der Waals surface area contributed by atoms with E-state index in [1.807, 2.05) is 48.2 Å². The Bertz CT molecular complexity index is 1020. The van der Waals surface area contributed by atoms with Crippen LogP contribution in [0.25, 0.3) is 5.57 Å². The van der Waals surface area contributed by atoms with Crippen LogP contribution in [-0.2, 0) is 9.59 Å². The second-order valence-electron chi connectivity index (χ2n) is 8.00. The molecule has 0 atom stereocenters. The molecule has 7 nitrogen and oxygen atoms in total. The number of carbonyl (C=O) groups is 2. The predicted molar refractivity (Wildman–Crippen MR) is 124 cm³/mol. The number of hydrogen-bond acceptors (Lipinski definition) is 6. The number of ether oxygens (including phenoxy) is 2. The average molecular weight is 436 g/mol. The van der Waals surface area contributed by atoms with Gasteiger partial charge >= 0.3 is 0 Å². The lowest BCUT2D eigenvalue weighted by atomic mass is 10.0. The van der Waals surface area contributed by atoms with E-state index in [0.29, 0.717) is 53.7 Å². The number of methoxy groups -OCH3 is 1. The van der Waals surface area contributed by atoms with E-state index in [1.165, 1.54) is 4.90 Å². The van der Waals surface area contributed by atoms with Crippen molar-refractivity contribution in [2.24, 2.45) is 0 Å². The fourth-order valence-electron chi connectivity index (χ4n) is 4.05. The van der Waals surface area contributed by atoms with Crippen molar-refractivity contribution in [3.8, 4) is 11.5 Å². The number of hydrogen-bond donors (Lipinski definition) is 0. The molecule has 0 radical (unpaired) electrons. The fourth-order valence-corrected chi connectivity index (χ4v) is 4.05. The molecule has 1 fully saturated rings. The van der Waals surface area contributed by atoms with Gasteiger partial charge in [-0.25, -0.2) is 4.90 Å². The second-order valence-corrected chi connectivity index (χ2v) is 8.00. The molecular weight excluding hydrogens is 406 g/mol. The zero-order chi connectivity index (χ0) is 22.7. The minimum absolute atomic E-state index is 0.307. The number of anilines is 1. The second kappa shape index (κ2) is 9.44. The molecule has 2 heterocycles. The van der Waals surface area contributed by atoms with Gasteiger partial charge in [-0.05, 0) is 43.3 Å². The van der Waals surface area contributed by atoms with Crippen molar-refractivity contribution in [2.45, 2.75) is 13.3 Å². The molecular formula is C25H29N3O4. The molecule has 2 aliphatic rings. The zero-order valence-electron chi connectivity index (χ0n) is 18.8. The first-order valence-electron chi connectivity index (χ1n) is 11.0. The van der Waals surface area contributed by atoms with Crippen LogP contribution in [0.2, 0.25) is 0 Å². The van der Waals surface area contributed by atoms with E-state index in [-0.39, 0.29) is 11.8 Å². The number of amides is 2. The highest BCUT2D eigenvalue weighted by Gasteiger charge is 2.43. The molecule has 2 aromatic carbocycles. The van der Waals surface area contributed by atoms with Crippen LogP contribution in [0.4, 0.5) is 5.69 Å². The molecule has 0 aliphatic carbocycles. The Kier molecular flexibility index (Phi) is 6.46. The van der Waals surface area contributed by atoms with E-state index in [1.54, 1.807) is 19.2 Å². The van der Waals surface area contributed by atoms with Gasteiger partial charge in [0.05, 0.1) is 25.0 Å². The molecule has 0 unspecified atom stereocenters. The third kappa shape index (κ3) is 4.08. The summed E-state index contributed by atoms with van der Waals surface area (Å²) < 4.78 is 11.1. The molecule has 2 aromatic rings. The Balaban J connectivity index is 1.78. The average Bonchev–Trinajstić information content (AvgIpc) is 3.08. The van der Waals surface area contributed by atoms with Crippen LogP contribution in [-0.4, -0.2) is 68.6 Å². The summed E-state index contributed by atoms with van der Waals surface area (Å²) in [6.07, 6.45) is 0.831. The van der Waals surface area contributed by atoms with Gasteiger partial charge in [-0.1, -0.05) is 31.2 Å². The summed E-state index contributed by atoms with van der Waals surface area (Å²) in [5.41, 5.74) is 2.06. The summed E-state index contributed by atoms with van der Waals surface area (Å²) in [4.78, 5) is 33.0. The van der Waals surface area contributed by atoms with Gasteiger partial charge < -0.3 is 19.3 Å². The van der Waals surface area contributed by atoms with Gasteiger partial charge in [0, 0.05) is 26.2 Å². The molecule has 0 N–H and O–H groups in total. The molecule has 168 valence electrons. The van der Waals surface area contributed by atoms with Gasteiger partial charge in [0.25, 0.3) is 11.8 Å². The third-order valence-electron chi connectivity index (χ3n) is 5.83. The van der Waals surface area contributed by atoms with Crippen LogP contribution in [0.5, 0.6) is 11.5 Å². The molecule has 4 rings (SSSR count). The number of rotatable bonds is 7. The van der Waals surface area contributed by atoms with Crippen LogP contribution >= 0.6 is 0 Å². The maximum Gasteiger partial charge on any atom is 0.282 e. The van der Waals surface area contributed by atoms with E-state index >= 15 is 0 Å². The highest BCUT2D eigenvalue weighted by atomic mass is 16.5. The Morgan fingerprint density at radius 1 is 0.906 bits per heavy atom. The number of para-hydroxylation sites is 2. The minimum Gasteiger partial charge on any atom is -0.497 e. The van der Waals surface area contributed by atoms with E-state index in [9.17, 15) is 9.59 Å². The Labute approximate surface area is 188 Å². The van der Waals surface area contributed by atoms with Crippen molar-refractivity contribution in [2.75, 3.05) is 51.8 Å². The van der Waals surface area contributed by atoms with Crippen molar-refractivity contribution in [3.05, 3.63) is 59.8 Å². The van der Waals surface area contributed by atoms with Crippen molar-refractivity contribution >= 4 is 23.1 Å².